The molecule has 2 aromatic rings. The molecule has 0 radical (unpaired) electrons. The lowest BCUT2D eigenvalue weighted by Gasteiger charge is -2.29. The Morgan fingerprint density at radius 1 is 1.12 bits per heavy atom. The number of hydrogen-bond donors (Lipinski definition) is 1. The van der Waals surface area contributed by atoms with Crippen LogP contribution in [0.3, 0.4) is 0 Å². The summed E-state index contributed by atoms with van der Waals surface area (Å²) in [6, 6.07) is 11.9. The lowest BCUT2D eigenvalue weighted by molar-refractivity contribution is 0.316. The van der Waals surface area contributed by atoms with E-state index in [4.69, 9.17) is 4.74 Å². The number of fused-ring (bicyclic) bond motifs is 1. The molecule has 0 unspecified atom stereocenters. The van der Waals surface area contributed by atoms with Gasteiger partial charge in [-0.1, -0.05) is 24.3 Å². The van der Waals surface area contributed by atoms with Gasteiger partial charge >= 0.3 is 0 Å². The van der Waals surface area contributed by atoms with Gasteiger partial charge in [0, 0.05) is 0 Å². The number of nitrogens with zero attached hydrogens (tertiary/aromatic N) is 1. The monoisotopic (exact) mass is 396 g/mol. The van der Waals surface area contributed by atoms with Crippen LogP contribution in [0.5, 0.6) is 5.75 Å². The van der Waals surface area contributed by atoms with E-state index in [1.165, 1.54) is 10.4 Å². The van der Waals surface area contributed by atoms with Crippen molar-refractivity contribution in [3.63, 3.8) is 0 Å². The molecule has 0 atom stereocenters. The van der Waals surface area contributed by atoms with Crippen molar-refractivity contribution in [2.75, 3.05) is 28.4 Å². The summed E-state index contributed by atoms with van der Waals surface area (Å²) in [7, 11) is -7.13. The van der Waals surface area contributed by atoms with Gasteiger partial charge in [-0.3, -0.25) is 9.03 Å². The third-order valence-corrected chi connectivity index (χ3v) is 6.48. The van der Waals surface area contributed by atoms with Gasteiger partial charge in [0.05, 0.1) is 29.9 Å². The zero-order valence-corrected chi connectivity index (χ0v) is 16.1. The molecule has 1 aliphatic heterocycles. The van der Waals surface area contributed by atoms with Gasteiger partial charge in [-0.25, -0.2) is 16.8 Å². The minimum atomic E-state index is -3.65. The topological polar surface area (TPSA) is 92.8 Å². The summed E-state index contributed by atoms with van der Waals surface area (Å²) in [6.45, 7) is 2.29. The Hall–Kier alpha value is -2.26. The molecule has 0 spiro atoms. The summed E-state index contributed by atoms with van der Waals surface area (Å²) >= 11 is 0. The first kappa shape index (κ1) is 18.5. The number of anilines is 2. The molecule has 0 aliphatic carbocycles. The van der Waals surface area contributed by atoms with Gasteiger partial charge in [0.2, 0.25) is 20.0 Å². The molecule has 3 rings (SSSR count). The molecule has 1 aliphatic rings. The van der Waals surface area contributed by atoms with Crippen LogP contribution in [0.2, 0.25) is 0 Å². The van der Waals surface area contributed by atoms with E-state index in [1.54, 1.807) is 24.3 Å². The van der Waals surface area contributed by atoms with Crippen molar-refractivity contribution >= 4 is 31.4 Å². The molecule has 26 heavy (non-hydrogen) atoms. The summed E-state index contributed by atoms with van der Waals surface area (Å²) in [4.78, 5) is 0. The molecule has 140 valence electrons. The highest BCUT2D eigenvalue weighted by atomic mass is 32.2. The largest absolute Gasteiger partial charge is 0.489 e. The van der Waals surface area contributed by atoms with Crippen LogP contribution in [-0.2, 0) is 25.8 Å². The van der Waals surface area contributed by atoms with Crippen molar-refractivity contribution in [2.24, 2.45) is 0 Å². The molecule has 0 saturated carbocycles. The fraction of sp³-hybridized carbons (Fsp3) is 0.294. The van der Waals surface area contributed by atoms with Crippen LogP contribution >= 0.6 is 0 Å². The van der Waals surface area contributed by atoms with Crippen LogP contribution in [0.15, 0.2) is 42.5 Å². The molecular weight excluding hydrogens is 376 g/mol. The summed E-state index contributed by atoms with van der Waals surface area (Å²) < 4.78 is 58.1. The first-order valence-corrected chi connectivity index (χ1v) is 11.5. The van der Waals surface area contributed by atoms with E-state index >= 15 is 0 Å². The quantitative estimate of drug-likeness (QED) is 0.835. The van der Waals surface area contributed by atoms with Crippen LogP contribution in [0, 0.1) is 6.92 Å². The van der Waals surface area contributed by atoms with Crippen molar-refractivity contribution in [3.8, 4) is 5.75 Å². The maximum absolute atomic E-state index is 12.5. The molecule has 0 amide bonds. The fourth-order valence-corrected chi connectivity index (χ4v) is 4.99. The van der Waals surface area contributed by atoms with Gasteiger partial charge in [-0.15, -0.1) is 0 Å². The van der Waals surface area contributed by atoms with Gasteiger partial charge in [0.1, 0.15) is 12.4 Å². The number of hydrogen-bond acceptors (Lipinski definition) is 5. The molecule has 0 saturated heterocycles. The molecule has 0 bridgehead atoms. The van der Waals surface area contributed by atoms with Crippen molar-refractivity contribution in [1.82, 2.24) is 0 Å². The van der Waals surface area contributed by atoms with Crippen molar-refractivity contribution in [2.45, 2.75) is 12.7 Å². The minimum absolute atomic E-state index is 0.164. The molecule has 1 N–H and O–H groups in total. The van der Waals surface area contributed by atoms with E-state index in [9.17, 15) is 16.8 Å². The number of aryl methyl sites for hydroxylation is 1. The Bertz CT molecular complexity index is 1030. The summed E-state index contributed by atoms with van der Waals surface area (Å²) in [5.74, 6) is 0.242. The van der Waals surface area contributed by atoms with Crippen LogP contribution in [0.4, 0.5) is 11.4 Å². The average Bonchev–Trinajstić information content (AvgIpc) is 2.55. The molecular formula is C17H20N2O5S2. The highest BCUT2D eigenvalue weighted by molar-refractivity contribution is 7.92. The standard InChI is InChI=1S/C17H20N2O5S2/c1-13-5-3-4-6-14(13)12-26(22,23)18-15-7-8-17-16(11-15)19(9-10-24-17)25(2,20)21/h3-8,11,18H,9-10,12H2,1-2H3. The Morgan fingerprint density at radius 3 is 2.54 bits per heavy atom. The third kappa shape index (κ3) is 4.10. The Kier molecular flexibility index (Phi) is 4.85. The van der Waals surface area contributed by atoms with Crippen molar-refractivity contribution < 1.29 is 21.6 Å². The van der Waals surface area contributed by atoms with Gasteiger partial charge in [0.25, 0.3) is 0 Å². The number of rotatable bonds is 5. The molecule has 2 aromatic carbocycles. The second-order valence-corrected chi connectivity index (χ2v) is 9.78. The third-order valence-electron chi connectivity index (χ3n) is 4.06. The van der Waals surface area contributed by atoms with Gasteiger partial charge in [-0.2, -0.15) is 0 Å². The number of nitrogens with one attached hydrogen (secondary N) is 1. The highest BCUT2D eigenvalue weighted by Crippen LogP contribution is 2.35. The average molecular weight is 396 g/mol. The first-order chi connectivity index (χ1) is 12.2. The van der Waals surface area contributed by atoms with Crippen LogP contribution in [0.25, 0.3) is 0 Å². The summed E-state index contributed by atoms with van der Waals surface area (Å²) in [5.41, 5.74) is 2.21. The Morgan fingerprint density at radius 2 is 1.85 bits per heavy atom. The van der Waals surface area contributed by atoms with Crippen LogP contribution in [0.1, 0.15) is 11.1 Å². The molecule has 1 heterocycles. The Balaban J connectivity index is 1.88. The lowest BCUT2D eigenvalue weighted by Crippen LogP contribution is -2.37. The fourth-order valence-electron chi connectivity index (χ4n) is 2.79. The lowest BCUT2D eigenvalue weighted by atomic mass is 10.1. The highest BCUT2D eigenvalue weighted by Gasteiger charge is 2.26. The Labute approximate surface area is 153 Å². The van der Waals surface area contributed by atoms with Crippen molar-refractivity contribution in [1.29, 1.82) is 0 Å². The minimum Gasteiger partial charge on any atom is -0.489 e. The predicted octanol–water partition coefficient (Wildman–Crippen LogP) is 2.10. The molecule has 9 heteroatoms. The van der Waals surface area contributed by atoms with Crippen molar-refractivity contribution in [3.05, 3.63) is 53.6 Å². The second-order valence-electron chi connectivity index (χ2n) is 6.15. The number of benzene rings is 2. The van der Waals surface area contributed by atoms with E-state index in [0.717, 1.165) is 11.8 Å². The van der Waals surface area contributed by atoms with E-state index in [0.29, 0.717) is 17.0 Å². The maximum atomic E-state index is 12.5. The van der Waals surface area contributed by atoms with Gasteiger partial charge < -0.3 is 4.74 Å². The van der Waals surface area contributed by atoms with Crippen LogP contribution in [-0.4, -0.2) is 36.2 Å². The number of ether oxygens (including phenoxy) is 1. The molecule has 0 aromatic heterocycles. The molecule has 0 fully saturated rings. The zero-order chi connectivity index (χ0) is 18.9. The SMILES string of the molecule is Cc1ccccc1CS(=O)(=O)Nc1ccc2c(c1)N(S(C)(=O)=O)CCO2. The smallest absolute Gasteiger partial charge is 0.236 e. The van der Waals surface area contributed by atoms with E-state index in [1.807, 2.05) is 19.1 Å². The van der Waals surface area contributed by atoms with E-state index in [2.05, 4.69) is 4.72 Å². The predicted molar refractivity (Wildman–Crippen MR) is 102 cm³/mol. The van der Waals surface area contributed by atoms with E-state index in [-0.39, 0.29) is 24.6 Å². The number of sulfonamides is 2. The summed E-state index contributed by atoms with van der Waals surface area (Å²) in [6.07, 6.45) is 1.11. The van der Waals surface area contributed by atoms with Gasteiger partial charge in [0.15, 0.2) is 0 Å². The zero-order valence-electron chi connectivity index (χ0n) is 14.5. The van der Waals surface area contributed by atoms with E-state index < -0.39 is 20.0 Å². The van der Waals surface area contributed by atoms with Gasteiger partial charge in [-0.05, 0) is 36.2 Å². The normalized spacial score (nSPS) is 14.5. The summed E-state index contributed by atoms with van der Waals surface area (Å²) in [5, 5.41) is 0. The molecule has 7 nitrogen and oxygen atoms in total. The first-order valence-electron chi connectivity index (χ1n) is 7.95. The van der Waals surface area contributed by atoms with Crippen LogP contribution < -0.4 is 13.8 Å². The maximum Gasteiger partial charge on any atom is 0.236 e. The second kappa shape index (κ2) is 6.81.